The molecule has 77 valence electrons. The van der Waals surface area contributed by atoms with Crippen molar-refractivity contribution in [1.82, 2.24) is 0 Å². The van der Waals surface area contributed by atoms with Crippen molar-refractivity contribution in [3.63, 3.8) is 0 Å². The van der Waals surface area contributed by atoms with Gasteiger partial charge in [-0.25, -0.2) is 0 Å². The number of hydrogen-bond donors (Lipinski definition) is 1. The van der Waals surface area contributed by atoms with Gasteiger partial charge in [0.05, 0.1) is 5.60 Å². The van der Waals surface area contributed by atoms with Gasteiger partial charge in [0, 0.05) is 0 Å². The molecule has 0 saturated carbocycles. The third-order valence-electron chi connectivity index (χ3n) is 2.54. The van der Waals surface area contributed by atoms with Crippen molar-refractivity contribution in [2.45, 2.75) is 45.1 Å². The minimum absolute atomic E-state index is 0.662. The van der Waals surface area contributed by atoms with Gasteiger partial charge in [0.25, 0.3) is 0 Å². The molecule has 1 aromatic carbocycles. The molecule has 1 N–H and O–H groups in total. The van der Waals surface area contributed by atoms with Gasteiger partial charge in [-0.3, -0.25) is 0 Å². The zero-order chi connectivity index (χ0) is 10.4. The van der Waals surface area contributed by atoms with Crippen LogP contribution in [0.2, 0.25) is 0 Å². The summed E-state index contributed by atoms with van der Waals surface area (Å²) in [7, 11) is 0. The molecule has 1 aromatic rings. The molecule has 0 aliphatic rings. The van der Waals surface area contributed by atoms with Crippen molar-refractivity contribution in [3.8, 4) is 0 Å². The number of benzene rings is 1. The fraction of sp³-hybridized carbons (Fsp3) is 0.538. The summed E-state index contributed by atoms with van der Waals surface area (Å²) in [5.41, 5.74) is 0.272. The van der Waals surface area contributed by atoms with E-state index in [9.17, 15) is 5.11 Å². The van der Waals surface area contributed by atoms with Crippen LogP contribution in [0.3, 0.4) is 0 Å². The maximum absolute atomic E-state index is 10.5. The van der Waals surface area contributed by atoms with Crippen LogP contribution in [0.5, 0.6) is 0 Å². The summed E-state index contributed by atoms with van der Waals surface area (Å²) in [4.78, 5) is 0. The van der Waals surface area contributed by atoms with Crippen LogP contribution in [0.1, 0.15) is 45.1 Å². The first-order valence-electron chi connectivity index (χ1n) is 5.42. The van der Waals surface area contributed by atoms with Crippen LogP contribution in [0, 0.1) is 6.07 Å². The average molecular weight is 191 g/mol. The summed E-state index contributed by atoms with van der Waals surface area (Å²) >= 11 is 0. The highest BCUT2D eigenvalue weighted by Gasteiger charge is 2.26. The molecule has 0 unspecified atom stereocenters. The van der Waals surface area contributed by atoms with Crippen LogP contribution in [-0.4, -0.2) is 5.11 Å². The molecule has 14 heavy (non-hydrogen) atoms. The maximum atomic E-state index is 10.5. The molecule has 0 heterocycles. The molecule has 0 aliphatic carbocycles. The summed E-state index contributed by atoms with van der Waals surface area (Å²) in [6.45, 7) is 4.20. The second-order valence-corrected chi connectivity index (χ2v) is 3.81. The predicted molar refractivity (Wildman–Crippen MR) is 59.0 cm³/mol. The minimum Gasteiger partial charge on any atom is -0.385 e. The molecule has 0 fully saturated rings. The van der Waals surface area contributed by atoms with Crippen molar-refractivity contribution < 1.29 is 5.11 Å². The second kappa shape index (κ2) is 5.16. The standard InChI is InChI=1S/C13H19O/c1-3-10-13(14,11-4-2)12-8-6-5-7-9-12/h5-8,14H,3-4,10-11H2,1-2H3. The van der Waals surface area contributed by atoms with Crippen molar-refractivity contribution >= 4 is 0 Å². The van der Waals surface area contributed by atoms with Crippen LogP contribution in [0.4, 0.5) is 0 Å². The van der Waals surface area contributed by atoms with E-state index < -0.39 is 5.60 Å². The first-order valence-corrected chi connectivity index (χ1v) is 5.42. The lowest BCUT2D eigenvalue weighted by Gasteiger charge is -2.27. The molecule has 1 rings (SSSR count). The first kappa shape index (κ1) is 11.3. The molecular weight excluding hydrogens is 172 g/mol. The lowest BCUT2D eigenvalue weighted by Crippen LogP contribution is -2.25. The van der Waals surface area contributed by atoms with E-state index in [1.54, 1.807) is 0 Å². The zero-order valence-corrected chi connectivity index (χ0v) is 9.09. The highest BCUT2D eigenvalue weighted by molar-refractivity contribution is 5.20. The lowest BCUT2D eigenvalue weighted by molar-refractivity contribution is 0.0167. The molecule has 0 aliphatic heterocycles. The topological polar surface area (TPSA) is 20.2 Å². The van der Waals surface area contributed by atoms with E-state index in [2.05, 4.69) is 19.9 Å². The van der Waals surface area contributed by atoms with Gasteiger partial charge >= 0.3 is 0 Å². The molecule has 0 amide bonds. The Balaban J connectivity index is 2.87. The summed E-state index contributed by atoms with van der Waals surface area (Å²) < 4.78 is 0. The highest BCUT2D eigenvalue weighted by atomic mass is 16.3. The van der Waals surface area contributed by atoms with Crippen molar-refractivity contribution in [3.05, 3.63) is 35.9 Å². The van der Waals surface area contributed by atoms with Gasteiger partial charge in [-0.05, 0) is 24.5 Å². The Bertz CT molecular complexity index is 247. The molecule has 0 aromatic heterocycles. The Morgan fingerprint density at radius 3 is 2.29 bits per heavy atom. The van der Waals surface area contributed by atoms with Crippen LogP contribution in [0.15, 0.2) is 24.3 Å². The van der Waals surface area contributed by atoms with Crippen molar-refractivity contribution in [2.24, 2.45) is 0 Å². The number of rotatable bonds is 5. The van der Waals surface area contributed by atoms with E-state index in [4.69, 9.17) is 0 Å². The quantitative estimate of drug-likeness (QED) is 0.757. The van der Waals surface area contributed by atoms with E-state index in [-0.39, 0.29) is 0 Å². The van der Waals surface area contributed by atoms with Gasteiger partial charge in [-0.1, -0.05) is 51.0 Å². The number of hydrogen-bond acceptors (Lipinski definition) is 1. The fourth-order valence-corrected chi connectivity index (χ4v) is 1.90. The second-order valence-electron chi connectivity index (χ2n) is 3.81. The molecule has 0 bridgehead atoms. The third kappa shape index (κ3) is 2.58. The Morgan fingerprint density at radius 2 is 1.86 bits per heavy atom. The van der Waals surface area contributed by atoms with E-state index >= 15 is 0 Å². The van der Waals surface area contributed by atoms with E-state index in [0.29, 0.717) is 0 Å². The average Bonchev–Trinajstić information content (AvgIpc) is 2.20. The SMILES string of the molecule is CCCC(O)(CCC)c1[c]cccc1. The zero-order valence-electron chi connectivity index (χ0n) is 9.09. The first-order chi connectivity index (χ1) is 6.73. The van der Waals surface area contributed by atoms with E-state index in [0.717, 1.165) is 31.2 Å². The molecule has 0 saturated heterocycles. The Labute approximate surface area is 86.8 Å². The van der Waals surface area contributed by atoms with Crippen molar-refractivity contribution in [2.75, 3.05) is 0 Å². The molecular formula is C13H19O. The van der Waals surface area contributed by atoms with Crippen LogP contribution in [-0.2, 0) is 5.60 Å². The molecule has 1 nitrogen and oxygen atoms in total. The van der Waals surface area contributed by atoms with E-state index in [1.807, 2.05) is 24.3 Å². The molecule has 1 heteroatoms. The van der Waals surface area contributed by atoms with Gasteiger partial charge in [-0.15, -0.1) is 0 Å². The van der Waals surface area contributed by atoms with Crippen LogP contribution >= 0.6 is 0 Å². The summed E-state index contributed by atoms with van der Waals surface area (Å²) in [6, 6.07) is 10.9. The van der Waals surface area contributed by atoms with Gasteiger partial charge in [0.15, 0.2) is 0 Å². The Hall–Kier alpha value is -0.820. The smallest absolute Gasteiger partial charge is 0.0902 e. The van der Waals surface area contributed by atoms with Crippen LogP contribution < -0.4 is 0 Å². The van der Waals surface area contributed by atoms with Gasteiger partial charge in [-0.2, -0.15) is 0 Å². The fourth-order valence-electron chi connectivity index (χ4n) is 1.90. The molecule has 1 radical (unpaired) electrons. The summed E-state index contributed by atoms with van der Waals surface area (Å²) in [5.74, 6) is 0. The normalized spacial score (nSPS) is 11.6. The van der Waals surface area contributed by atoms with E-state index in [1.165, 1.54) is 0 Å². The largest absolute Gasteiger partial charge is 0.385 e. The monoisotopic (exact) mass is 191 g/mol. The third-order valence-corrected chi connectivity index (χ3v) is 2.54. The molecule has 0 atom stereocenters. The predicted octanol–water partition coefficient (Wildman–Crippen LogP) is 3.27. The minimum atomic E-state index is -0.662. The van der Waals surface area contributed by atoms with Gasteiger partial charge in [0.1, 0.15) is 0 Å². The van der Waals surface area contributed by atoms with Crippen molar-refractivity contribution in [1.29, 1.82) is 0 Å². The summed E-state index contributed by atoms with van der Waals surface area (Å²) in [5, 5.41) is 10.5. The van der Waals surface area contributed by atoms with Gasteiger partial charge in [0.2, 0.25) is 0 Å². The number of aliphatic hydroxyl groups is 1. The van der Waals surface area contributed by atoms with Gasteiger partial charge < -0.3 is 5.11 Å². The summed E-state index contributed by atoms with van der Waals surface area (Å²) in [6.07, 6.45) is 3.64. The Morgan fingerprint density at radius 1 is 1.21 bits per heavy atom. The lowest BCUT2D eigenvalue weighted by atomic mass is 9.85. The van der Waals surface area contributed by atoms with Crippen LogP contribution in [0.25, 0.3) is 0 Å². The molecule has 0 spiro atoms. The highest BCUT2D eigenvalue weighted by Crippen LogP contribution is 2.30. The Kier molecular flexibility index (Phi) is 4.15. The maximum Gasteiger partial charge on any atom is 0.0902 e.